The van der Waals surface area contributed by atoms with Gasteiger partial charge in [-0.3, -0.25) is 4.90 Å². The van der Waals surface area contributed by atoms with Crippen LogP contribution in [0.1, 0.15) is 34.6 Å². The molecule has 0 N–H and O–H groups in total. The van der Waals surface area contributed by atoms with E-state index in [1.165, 1.54) is 0 Å². The van der Waals surface area contributed by atoms with Crippen LogP contribution in [0, 0.1) is 0 Å². The normalized spacial score (nSPS) is 43.0. The van der Waals surface area contributed by atoms with E-state index < -0.39 is 0 Å². The average Bonchev–Trinajstić information content (AvgIpc) is 2.11. The molecule has 54 valence electrons. The Kier molecular flexibility index (Phi) is 1.35. The molecule has 9 heavy (non-hydrogen) atoms. The maximum atomic E-state index is 2.52. The monoisotopic (exact) mass is 127 g/mol. The van der Waals surface area contributed by atoms with Crippen molar-refractivity contribution in [1.82, 2.24) is 4.90 Å². The highest BCUT2D eigenvalue weighted by Crippen LogP contribution is 2.35. The second-order valence-corrected chi connectivity index (χ2v) is 4.06. The Morgan fingerprint density at radius 3 is 1.33 bits per heavy atom. The summed E-state index contributed by atoms with van der Waals surface area (Å²) < 4.78 is 0. The lowest BCUT2D eigenvalue weighted by atomic mass is 10.1. The van der Waals surface area contributed by atoms with Gasteiger partial charge in [-0.25, -0.2) is 0 Å². The first kappa shape index (κ1) is 7.07. The summed E-state index contributed by atoms with van der Waals surface area (Å²) in [6.45, 7) is 11.4. The van der Waals surface area contributed by atoms with Gasteiger partial charge in [0.1, 0.15) is 0 Å². The second-order valence-electron chi connectivity index (χ2n) is 4.06. The van der Waals surface area contributed by atoms with Crippen molar-refractivity contribution in [3.63, 3.8) is 0 Å². The maximum absolute atomic E-state index is 2.52. The van der Waals surface area contributed by atoms with Crippen LogP contribution in [0.15, 0.2) is 0 Å². The third kappa shape index (κ3) is 1.11. The minimum atomic E-state index is 0.388. The van der Waals surface area contributed by atoms with Crippen LogP contribution in [0.3, 0.4) is 0 Å². The fraction of sp³-hybridized carbons (Fsp3) is 1.00. The highest BCUT2D eigenvalue weighted by Gasteiger charge is 2.46. The summed E-state index contributed by atoms with van der Waals surface area (Å²) in [5.74, 6) is 0. The lowest BCUT2D eigenvalue weighted by molar-refractivity contribution is 0.275. The molecule has 0 aromatic rings. The summed E-state index contributed by atoms with van der Waals surface area (Å²) >= 11 is 0. The molecule has 2 atom stereocenters. The number of hydrogen-bond donors (Lipinski definition) is 0. The van der Waals surface area contributed by atoms with Crippen molar-refractivity contribution in [2.75, 3.05) is 0 Å². The number of nitrogens with zero attached hydrogens (tertiary/aromatic N) is 1. The third-order valence-corrected chi connectivity index (χ3v) is 2.26. The van der Waals surface area contributed by atoms with Crippen molar-refractivity contribution in [1.29, 1.82) is 0 Å². The van der Waals surface area contributed by atoms with E-state index in [4.69, 9.17) is 0 Å². The Balaban J connectivity index is 2.50. The van der Waals surface area contributed by atoms with Crippen molar-refractivity contribution in [2.24, 2.45) is 0 Å². The minimum absolute atomic E-state index is 0.388. The van der Waals surface area contributed by atoms with Gasteiger partial charge >= 0.3 is 0 Å². The zero-order valence-electron chi connectivity index (χ0n) is 7.10. The Morgan fingerprint density at radius 1 is 1.00 bits per heavy atom. The molecule has 0 spiro atoms. The molecule has 0 aromatic carbocycles. The molecule has 0 bridgehead atoms. The highest BCUT2D eigenvalue weighted by molar-refractivity contribution is 5.02. The maximum Gasteiger partial charge on any atom is 0.0229 e. The second kappa shape index (κ2) is 1.72. The molecule has 0 aliphatic carbocycles. The van der Waals surface area contributed by atoms with Crippen molar-refractivity contribution >= 4 is 0 Å². The van der Waals surface area contributed by atoms with Crippen molar-refractivity contribution in [2.45, 2.75) is 52.2 Å². The van der Waals surface area contributed by atoms with Gasteiger partial charge in [0.2, 0.25) is 0 Å². The number of rotatable bonds is 0. The molecule has 0 radical (unpaired) electrons. The zero-order chi connectivity index (χ0) is 7.23. The van der Waals surface area contributed by atoms with Crippen LogP contribution in [0.4, 0.5) is 0 Å². The molecule has 0 unspecified atom stereocenters. The average molecular weight is 127 g/mol. The van der Waals surface area contributed by atoms with Crippen LogP contribution in [-0.2, 0) is 0 Å². The van der Waals surface area contributed by atoms with Crippen LogP contribution >= 0.6 is 0 Å². The number of hydrogen-bond acceptors (Lipinski definition) is 1. The van der Waals surface area contributed by atoms with Crippen LogP contribution in [-0.4, -0.2) is 22.5 Å². The molecule has 1 aliphatic heterocycles. The Morgan fingerprint density at radius 2 is 1.33 bits per heavy atom. The van der Waals surface area contributed by atoms with Gasteiger partial charge in [0.05, 0.1) is 0 Å². The molecule has 1 heterocycles. The van der Waals surface area contributed by atoms with Crippen molar-refractivity contribution in [3.05, 3.63) is 0 Å². The molecule has 0 saturated carbocycles. The summed E-state index contributed by atoms with van der Waals surface area (Å²) in [5.41, 5.74) is 0.388. The van der Waals surface area contributed by atoms with Gasteiger partial charge < -0.3 is 0 Å². The molecule has 1 fully saturated rings. The minimum Gasteiger partial charge on any atom is -0.290 e. The topological polar surface area (TPSA) is 3.01 Å². The molecular formula is C8H17N. The fourth-order valence-electron chi connectivity index (χ4n) is 1.73. The largest absolute Gasteiger partial charge is 0.290 e. The zero-order valence-corrected chi connectivity index (χ0v) is 7.10. The Hall–Kier alpha value is -0.0400. The molecule has 0 amide bonds. The molecular weight excluding hydrogens is 110 g/mol. The van der Waals surface area contributed by atoms with E-state index in [0.717, 1.165) is 12.1 Å². The van der Waals surface area contributed by atoms with E-state index in [2.05, 4.69) is 39.5 Å². The standard InChI is InChI=1S/C8H17N/c1-6-7(2)9(6)8(3,4)5/h6-7H,1-5H3/t6-,7-/m0/s1. The van der Waals surface area contributed by atoms with E-state index >= 15 is 0 Å². The van der Waals surface area contributed by atoms with Crippen molar-refractivity contribution < 1.29 is 0 Å². The summed E-state index contributed by atoms with van der Waals surface area (Å²) in [5, 5.41) is 0. The third-order valence-electron chi connectivity index (χ3n) is 2.26. The predicted molar refractivity (Wildman–Crippen MR) is 40.5 cm³/mol. The molecule has 1 rings (SSSR count). The van der Waals surface area contributed by atoms with Crippen LogP contribution < -0.4 is 0 Å². The first-order chi connectivity index (χ1) is 3.94. The molecule has 1 saturated heterocycles. The summed E-state index contributed by atoms with van der Waals surface area (Å²) in [4.78, 5) is 2.52. The Bertz CT molecular complexity index is 104. The van der Waals surface area contributed by atoms with E-state index in [9.17, 15) is 0 Å². The lowest BCUT2D eigenvalue weighted by Gasteiger charge is -2.21. The Labute approximate surface area is 58.0 Å². The SMILES string of the molecule is C[C@H]1[C@H](C)N1C(C)(C)C. The van der Waals surface area contributed by atoms with Gasteiger partial charge in [-0.2, -0.15) is 0 Å². The first-order valence-electron chi connectivity index (χ1n) is 3.73. The van der Waals surface area contributed by atoms with Gasteiger partial charge in [0, 0.05) is 17.6 Å². The molecule has 1 nitrogen and oxygen atoms in total. The van der Waals surface area contributed by atoms with E-state index in [1.807, 2.05) is 0 Å². The van der Waals surface area contributed by atoms with Crippen LogP contribution in [0.2, 0.25) is 0 Å². The fourth-order valence-corrected chi connectivity index (χ4v) is 1.73. The van der Waals surface area contributed by atoms with Gasteiger partial charge in [-0.1, -0.05) is 0 Å². The van der Waals surface area contributed by atoms with Crippen molar-refractivity contribution in [3.8, 4) is 0 Å². The summed E-state index contributed by atoms with van der Waals surface area (Å²) in [6, 6.07) is 1.62. The highest BCUT2D eigenvalue weighted by atomic mass is 15.4. The van der Waals surface area contributed by atoms with Gasteiger partial charge in [-0.15, -0.1) is 0 Å². The van der Waals surface area contributed by atoms with Crippen LogP contribution in [0.25, 0.3) is 0 Å². The van der Waals surface area contributed by atoms with E-state index in [1.54, 1.807) is 0 Å². The van der Waals surface area contributed by atoms with Crippen LogP contribution in [0.5, 0.6) is 0 Å². The van der Waals surface area contributed by atoms with Gasteiger partial charge in [0.25, 0.3) is 0 Å². The molecule has 0 aromatic heterocycles. The van der Waals surface area contributed by atoms with Gasteiger partial charge in [-0.05, 0) is 34.6 Å². The molecule has 1 aliphatic rings. The molecule has 1 heteroatoms. The van der Waals surface area contributed by atoms with E-state index in [-0.39, 0.29) is 0 Å². The first-order valence-corrected chi connectivity index (χ1v) is 3.73. The predicted octanol–water partition coefficient (Wildman–Crippen LogP) is 1.88. The summed E-state index contributed by atoms with van der Waals surface area (Å²) in [7, 11) is 0. The quantitative estimate of drug-likeness (QED) is 0.449. The summed E-state index contributed by atoms with van der Waals surface area (Å²) in [6.07, 6.45) is 0. The van der Waals surface area contributed by atoms with Gasteiger partial charge in [0.15, 0.2) is 0 Å². The van der Waals surface area contributed by atoms with E-state index in [0.29, 0.717) is 5.54 Å². The lowest BCUT2D eigenvalue weighted by Crippen LogP contribution is -2.27. The smallest absolute Gasteiger partial charge is 0.0229 e.